The number of esters is 1. The Hall–Kier alpha value is -4.21. The van der Waals surface area contributed by atoms with Gasteiger partial charge in [-0.15, -0.1) is 11.3 Å². The molecule has 0 aliphatic heterocycles. The highest BCUT2D eigenvalue weighted by atomic mass is 32.2. The van der Waals surface area contributed by atoms with Crippen LogP contribution in [0.5, 0.6) is 0 Å². The van der Waals surface area contributed by atoms with E-state index in [9.17, 15) is 14.4 Å². The lowest BCUT2D eigenvalue weighted by Crippen LogP contribution is -2.22. The predicted molar refractivity (Wildman–Crippen MR) is 148 cm³/mol. The molecule has 5 aromatic rings. The number of nitrogens with one attached hydrogen (secondary N) is 1. The summed E-state index contributed by atoms with van der Waals surface area (Å²) >= 11 is 2.64. The zero-order valence-corrected chi connectivity index (χ0v) is 21.3. The fourth-order valence-corrected chi connectivity index (χ4v) is 5.63. The van der Waals surface area contributed by atoms with Crippen molar-refractivity contribution in [3.8, 4) is 16.1 Å². The maximum Gasteiger partial charge on any atom is 0.337 e. The minimum Gasteiger partial charge on any atom is -0.465 e. The zero-order chi connectivity index (χ0) is 25.8. The third kappa shape index (κ3) is 5.32. The van der Waals surface area contributed by atoms with Gasteiger partial charge >= 0.3 is 5.97 Å². The van der Waals surface area contributed by atoms with E-state index in [1.807, 2.05) is 66.7 Å². The molecule has 2 aromatic heterocycles. The standard InChI is InChI=1S/C28H21N3O4S2/c1-35-27(34)19-12-14-20(15-13-19)29-24(32)17-36-28-30-25-22(16-23(37-25)18-8-4-2-5-9-18)26(33)31(28)21-10-6-3-7-11-21/h2-16H,17H2,1H3,(H,29,32). The van der Waals surface area contributed by atoms with E-state index in [1.165, 1.54) is 30.2 Å². The molecule has 0 saturated heterocycles. The van der Waals surface area contributed by atoms with Crippen molar-refractivity contribution < 1.29 is 14.3 Å². The summed E-state index contributed by atoms with van der Waals surface area (Å²) in [5, 5.41) is 3.77. The lowest BCUT2D eigenvalue weighted by Gasteiger charge is -2.12. The van der Waals surface area contributed by atoms with Crippen LogP contribution in [0.4, 0.5) is 5.69 Å². The van der Waals surface area contributed by atoms with E-state index in [4.69, 9.17) is 9.72 Å². The summed E-state index contributed by atoms with van der Waals surface area (Å²) in [5.74, 6) is -0.667. The van der Waals surface area contributed by atoms with E-state index < -0.39 is 5.97 Å². The SMILES string of the molecule is COC(=O)c1ccc(NC(=O)CSc2nc3sc(-c4ccccc4)cc3c(=O)n2-c2ccccc2)cc1. The second kappa shape index (κ2) is 10.8. The number of rotatable bonds is 7. The number of thiophene rings is 1. The van der Waals surface area contributed by atoms with Crippen LogP contribution in [0.1, 0.15) is 10.4 Å². The Morgan fingerprint density at radius 3 is 2.32 bits per heavy atom. The first kappa shape index (κ1) is 24.5. The fraction of sp³-hybridized carbons (Fsp3) is 0.0714. The van der Waals surface area contributed by atoms with Crippen molar-refractivity contribution in [3.05, 3.63) is 107 Å². The van der Waals surface area contributed by atoms with Gasteiger partial charge in [-0.3, -0.25) is 14.2 Å². The Labute approximate surface area is 220 Å². The van der Waals surface area contributed by atoms with Crippen molar-refractivity contribution in [3.63, 3.8) is 0 Å². The highest BCUT2D eigenvalue weighted by Crippen LogP contribution is 2.32. The summed E-state index contributed by atoms with van der Waals surface area (Å²) in [6.07, 6.45) is 0. The molecule has 0 saturated carbocycles. The number of carbonyl (C=O) groups excluding carboxylic acids is 2. The van der Waals surface area contributed by atoms with Crippen LogP contribution in [-0.4, -0.2) is 34.3 Å². The zero-order valence-electron chi connectivity index (χ0n) is 19.7. The number of aromatic nitrogens is 2. The summed E-state index contributed by atoms with van der Waals surface area (Å²) in [6, 6.07) is 27.4. The Kier molecular flexibility index (Phi) is 7.16. The number of anilines is 1. The van der Waals surface area contributed by atoms with E-state index in [0.29, 0.717) is 32.3 Å². The number of para-hydroxylation sites is 1. The molecule has 1 N–H and O–H groups in total. The number of nitrogens with zero attached hydrogens (tertiary/aromatic N) is 2. The molecule has 0 radical (unpaired) electrons. The molecule has 0 unspecified atom stereocenters. The molecule has 5 rings (SSSR count). The molecule has 2 heterocycles. The van der Waals surface area contributed by atoms with Crippen LogP contribution in [0.25, 0.3) is 26.3 Å². The number of fused-ring (bicyclic) bond motifs is 1. The van der Waals surface area contributed by atoms with Gasteiger partial charge in [0.05, 0.1) is 29.5 Å². The number of benzene rings is 3. The quantitative estimate of drug-likeness (QED) is 0.168. The number of ether oxygens (including phenoxy) is 1. The minimum absolute atomic E-state index is 0.0421. The second-order valence-electron chi connectivity index (χ2n) is 7.97. The van der Waals surface area contributed by atoms with Gasteiger partial charge in [-0.1, -0.05) is 60.3 Å². The Morgan fingerprint density at radius 1 is 0.973 bits per heavy atom. The smallest absolute Gasteiger partial charge is 0.337 e. The van der Waals surface area contributed by atoms with Gasteiger partial charge in [0.1, 0.15) is 4.83 Å². The first-order valence-corrected chi connectivity index (χ1v) is 13.1. The molecule has 37 heavy (non-hydrogen) atoms. The van der Waals surface area contributed by atoms with E-state index >= 15 is 0 Å². The molecule has 0 aliphatic carbocycles. The molecule has 0 spiro atoms. The van der Waals surface area contributed by atoms with Gasteiger partial charge in [0.2, 0.25) is 5.91 Å². The van der Waals surface area contributed by atoms with Crippen molar-refractivity contribution in [2.24, 2.45) is 0 Å². The summed E-state index contributed by atoms with van der Waals surface area (Å²) in [5.41, 5.74) is 2.45. The highest BCUT2D eigenvalue weighted by Gasteiger charge is 2.18. The number of methoxy groups -OCH3 is 1. The number of hydrogen-bond donors (Lipinski definition) is 1. The van der Waals surface area contributed by atoms with Gasteiger partial charge < -0.3 is 10.1 Å². The fourth-order valence-electron chi connectivity index (χ4n) is 3.74. The lowest BCUT2D eigenvalue weighted by molar-refractivity contribution is -0.113. The normalized spacial score (nSPS) is 10.8. The van der Waals surface area contributed by atoms with E-state index in [2.05, 4.69) is 5.32 Å². The van der Waals surface area contributed by atoms with Crippen molar-refractivity contribution in [1.82, 2.24) is 9.55 Å². The second-order valence-corrected chi connectivity index (χ2v) is 9.94. The summed E-state index contributed by atoms with van der Waals surface area (Å²) in [7, 11) is 1.31. The maximum atomic E-state index is 13.6. The van der Waals surface area contributed by atoms with E-state index in [1.54, 1.807) is 28.8 Å². The number of carbonyl (C=O) groups is 2. The highest BCUT2D eigenvalue weighted by molar-refractivity contribution is 7.99. The molecule has 184 valence electrons. The number of hydrogen-bond acceptors (Lipinski definition) is 7. The van der Waals surface area contributed by atoms with Crippen LogP contribution < -0.4 is 10.9 Å². The Balaban J connectivity index is 1.44. The van der Waals surface area contributed by atoms with E-state index in [-0.39, 0.29) is 17.2 Å². The molecule has 0 fully saturated rings. The molecule has 0 bridgehead atoms. The molecule has 0 atom stereocenters. The van der Waals surface area contributed by atoms with Gasteiger partial charge in [-0.2, -0.15) is 0 Å². The molecule has 1 amide bonds. The van der Waals surface area contributed by atoms with Crippen molar-refractivity contribution >= 4 is 50.9 Å². The first-order chi connectivity index (χ1) is 18.0. The van der Waals surface area contributed by atoms with Gasteiger partial charge in [0, 0.05) is 10.6 Å². The minimum atomic E-state index is -0.446. The van der Waals surface area contributed by atoms with E-state index in [0.717, 1.165) is 10.4 Å². The van der Waals surface area contributed by atoms with Crippen molar-refractivity contribution in [2.45, 2.75) is 5.16 Å². The Bertz CT molecular complexity index is 1630. The van der Waals surface area contributed by atoms with Crippen LogP contribution in [0, 0.1) is 0 Å². The van der Waals surface area contributed by atoms with Crippen LogP contribution in [-0.2, 0) is 9.53 Å². The van der Waals surface area contributed by atoms with Crippen molar-refractivity contribution in [1.29, 1.82) is 0 Å². The molecular weight excluding hydrogens is 506 g/mol. The van der Waals surface area contributed by atoms with Gasteiger partial charge in [0.15, 0.2) is 5.16 Å². The average molecular weight is 528 g/mol. The Morgan fingerprint density at radius 2 is 1.65 bits per heavy atom. The van der Waals surface area contributed by atoms with Gasteiger partial charge in [-0.05, 0) is 48.0 Å². The van der Waals surface area contributed by atoms with Crippen LogP contribution >= 0.6 is 23.1 Å². The average Bonchev–Trinajstić information content (AvgIpc) is 3.38. The van der Waals surface area contributed by atoms with Crippen molar-refractivity contribution in [2.75, 3.05) is 18.2 Å². The predicted octanol–water partition coefficient (Wildman–Crippen LogP) is 5.63. The third-order valence-corrected chi connectivity index (χ3v) is 7.55. The van der Waals surface area contributed by atoms with Crippen LogP contribution in [0.3, 0.4) is 0 Å². The maximum absolute atomic E-state index is 13.6. The number of thioether (sulfide) groups is 1. The summed E-state index contributed by atoms with van der Waals surface area (Å²) in [6.45, 7) is 0. The lowest BCUT2D eigenvalue weighted by atomic mass is 10.2. The summed E-state index contributed by atoms with van der Waals surface area (Å²) < 4.78 is 6.24. The number of amides is 1. The van der Waals surface area contributed by atoms with Crippen LogP contribution in [0.15, 0.2) is 101 Å². The van der Waals surface area contributed by atoms with Gasteiger partial charge in [0.25, 0.3) is 5.56 Å². The third-order valence-electron chi connectivity index (χ3n) is 5.53. The largest absolute Gasteiger partial charge is 0.465 e. The topological polar surface area (TPSA) is 90.3 Å². The summed E-state index contributed by atoms with van der Waals surface area (Å²) in [4.78, 5) is 44.3. The molecule has 7 nitrogen and oxygen atoms in total. The first-order valence-electron chi connectivity index (χ1n) is 11.3. The van der Waals surface area contributed by atoms with Gasteiger partial charge in [-0.25, -0.2) is 9.78 Å². The molecule has 9 heteroatoms. The molecule has 3 aromatic carbocycles. The monoisotopic (exact) mass is 527 g/mol. The van der Waals surface area contributed by atoms with Crippen LogP contribution in [0.2, 0.25) is 0 Å². The molecular formula is C28H21N3O4S2. The molecule has 0 aliphatic rings.